The van der Waals surface area contributed by atoms with Crippen LogP contribution in [-0.4, -0.2) is 32.8 Å². The lowest BCUT2D eigenvalue weighted by Crippen LogP contribution is -2.30. The SMILES string of the molecule is COc1ccccc1C(=O)NNc1ncnc(NNc2ccc([N+](=O)[O-])cc2)c1[N+](=O)[O-]. The van der Waals surface area contributed by atoms with E-state index in [4.69, 9.17) is 4.74 Å². The molecule has 14 heteroatoms. The summed E-state index contributed by atoms with van der Waals surface area (Å²) in [7, 11) is 1.41. The average molecular weight is 440 g/mol. The van der Waals surface area contributed by atoms with Crippen LogP contribution in [0.1, 0.15) is 10.4 Å². The molecule has 0 unspecified atom stereocenters. The molecule has 0 radical (unpaired) electrons. The van der Waals surface area contributed by atoms with E-state index in [0.29, 0.717) is 11.4 Å². The maximum atomic E-state index is 12.4. The molecule has 0 spiro atoms. The van der Waals surface area contributed by atoms with E-state index in [-0.39, 0.29) is 22.9 Å². The van der Waals surface area contributed by atoms with Crippen molar-refractivity contribution in [2.75, 3.05) is 23.4 Å². The van der Waals surface area contributed by atoms with Crippen molar-refractivity contribution in [3.05, 3.63) is 80.7 Å². The second kappa shape index (κ2) is 9.66. The second-order valence-corrected chi connectivity index (χ2v) is 6.01. The molecule has 0 bridgehead atoms. The molecule has 164 valence electrons. The highest BCUT2D eigenvalue weighted by atomic mass is 16.6. The topological polar surface area (TPSA) is 186 Å². The van der Waals surface area contributed by atoms with Gasteiger partial charge in [0, 0.05) is 12.1 Å². The van der Waals surface area contributed by atoms with E-state index in [1.54, 1.807) is 18.2 Å². The Bertz CT molecular complexity index is 1150. The van der Waals surface area contributed by atoms with Gasteiger partial charge in [0.15, 0.2) is 0 Å². The van der Waals surface area contributed by atoms with Gasteiger partial charge < -0.3 is 4.74 Å². The molecule has 0 aliphatic heterocycles. The van der Waals surface area contributed by atoms with Gasteiger partial charge in [-0.2, -0.15) is 0 Å². The van der Waals surface area contributed by atoms with Gasteiger partial charge in [-0.15, -0.1) is 0 Å². The highest BCUT2D eigenvalue weighted by molar-refractivity contribution is 5.97. The van der Waals surface area contributed by atoms with E-state index in [0.717, 1.165) is 6.33 Å². The van der Waals surface area contributed by atoms with E-state index in [9.17, 15) is 25.0 Å². The molecule has 1 amide bonds. The number of aromatic nitrogens is 2. The van der Waals surface area contributed by atoms with Gasteiger partial charge in [-0.3, -0.25) is 46.7 Å². The molecule has 3 rings (SSSR count). The minimum atomic E-state index is -0.739. The smallest absolute Gasteiger partial charge is 0.356 e. The van der Waals surface area contributed by atoms with Crippen LogP contribution in [0, 0.1) is 20.2 Å². The Kier molecular flexibility index (Phi) is 6.55. The van der Waals surface area contributed by atoms with Crippen molar-refractivity contribution in [1.29, 1.82) is 0 Å². The molecule has 0 atom stereocenters. The van der Waals surface area contributed by atoms with Crippen molar-refractivity contribution in [2.45, 2.75) is 0 Å². The molecule has 14 nitrogen and oxygen atoms in total. The normalized spacial score (nSPS) is 10.0. The van der Waals surface area contributed by atoms with Crippen LogP contribution in [0.4, 0.5) is 28.7 Å². The minimum absolute atomic E-state index is 0.110. The zero-order valence-corrected chi connectivity index (χ0v) is 16.4. The Morgan fingerprint density at radius 2 is 1.56 bits per heavy atom. The molecular weight excluding hydrogens is 424 g/mol. The Labute approximate surface area is 179 Å². The van der Waals surface area contributed by atoms with Crippen LogP contribution in [0.5, 0.6) is 5.75 Å². The number of anilines is 3. The number of nitro benzene ring substituents is 1. The maximum Gasteiger partial charge on any atom is 0.356 e. The quantitative estimate of drug-likeness (QED) is 0.283. The number of hydrogen-bond acceptors (Lipinski definition) is 11. The molecule has 0 fully saturated rings. The fourth-order valence-electron chi connectivity index (χ4n) is 2.55. The number of para-hydroxylation sites is 1. The summed E-state index contributed by atoms with van der Waals surface area (Å²) in [6.07, 6.45) is 1.05. The fourth-order valence-corrected chi connectivity index (χ4v) is 2.55. The molecule has 32 heavy (non-hydrogen) atoms. The van der Waals surface area contributed by atoms with Gasteiger partial charge in [-0.25, -0.2) is 9.97 Å². The van der Waals surface area contributed by atoms with Crippen molar-refractivity contribution in [2.24, 2.45) is 0 Å². The van der Waals surface area contributed by atoms with E-state index in [1.165, 1.54) is 37.4 Å². The molecule has 3 aromatic rings. The first kappa shape index (κ1) is 21.7. The number of non-ortho nitro benzene ring substituents is 1. The van der Waals surface area contributed by atoms with Crippen LogP contribution >= 0.6 is 0 Å². The van der Waals surface area contributed by atoms with Gasteiger partial charge in [-0.1, -0.05) is 12.1 Å². The van der Waals surface area contributed by atoms with Crippen molar-refractivity contribution in [1.82, 2.24) is 15.4 Å². The number of ether oxygens (including phenoxy) is 1. The standard InChI is InChI=1S/C18H16N8O6/c1-32-14-5-3-2-4-13(14)18(27)24-23-17-15(26(30)31)16(19-10-20-17)22-21-11-6-8-12(9-7-11)25(28)29/h2-10,21H,1H3,(H,24,27)(H2,19,20,22,23). The minimum Gasteiger partial charge on any atom is -0.496 e. The third kappa shape index (κ3) is 4.93. The second-order valence-electron chi connectivity index (χ2n) is 6.01. The lowest BCUT2D eigenvalue weighted by atomic mass is 10.2. The predicted octanol–water partition coefficient (Wildman–Crippen LogP) is 2.50. The molecule has 0 saturated carbocycles. The van der Waals surface area contributed by atoms with Crippen LogP contribution < -0.4 is 26.4 Å². The zero-order chi connectivity index (χ0) is 23.1. The number of hydrogen-bond donors (Lipinski definition) is 4. The van der Waals surface area contributed by atoms with E-state index in [1.807, 2.05) is 0 Å². The number of nitrogens with one attached hydrogen (secondary N) is 4. The molecular formula is C18H16N8O6. The maximum absolute atomic E-state index is 12.4. The van der Waals surface area contributed by atoms with Gasteiger partial charge in [-0.05, 0) is 24.3 Å². The number of rotatable bonds is 9. The Hall–Kier alpha value is -5.01. The molecule has 1 aromatic heterocycles. The number of carbonyl (C=O) groups is 1. The summed E-state index contributed by atoms with van der Waals surface area (Å²) in [4.78, 5) is 41.1. The summed E-state index contributed by atoms with van der Waals surface area (Å²) in [6.45, 7) is 0. The molecule has 0 aliphatic rings. The summed E-state index contributed by atoms with van der Waals surface area (Å²) in [6, 6.07) is 11.8. The third-order valence-electron chi connectivity index (χ3n) is 4.05. The van der Waals surface area contributed by atoms with E-state index >= 15 is 0 Å². The number of hydrazine groups is 2. The highest BCUT2D eigenvalue weighted by Crippen LogP contribution is 2.28. The summed E-state index contributed by atoms with van der Waals surface area (Å²) in [5, 5.41) is 22.3. The summed E-state index contributed by atoms with van der Waals surface area (Å²) in [5.74, 6) is -0.772. The molecule has 1 heterocycles. The van der Waals surface area contributed by atoms with Gasteiger partial charge >= 0.3 is 5.69 Å². The molecule has 0 saturated heterocycles. The molecule has 4 N–H and O–H groups in total. The van der Waals surface area contributed by atoms with Crippen LogP contribution in [0.3, 0.4) is 0 Å². The fraction of sp³-hybridized carbons (Fsp3) is 0.0556. The number of methoxy groups -OCH3 is 1. The lowest BCUT2D eigenvalue weighted by Gasteiger charge is -2.13. The van der Waals surface area contributed by atoms with Crippen molar-refractivity contribution >= 4 is 34.6 Å². The van der Waals surface area contributed by atoms with Gasteiger partial charge in [0.25, 0.3) is 11.6 Å². The number of nitro groups is 2. The van der Waals surface area contributed by atoms with Crippen LogP contribution in [-0.2, 0) is 0 Å². The Morgan fingerprint density at radius 3 is 2.19 bits per heavy atom. The monoisotopic (exact) mass is 440 g/mol. The van der Waals surface area contributed by atoms with Gasteiger partial charge in [0.2, 0.25) is 11.6 Å². The van der Waals surface area contributed by atoms with Crippen molar-refractivity contribution in [3.63, 3.8) is 0 Å². The molecule has 2 aromatic carbocycles. The summed E-state index contributed by atoms with van der Waals surface area (Å²) >= 11 is 0. The Morgan fingerprint density at radius 1 is 0.906 bits per heavy atom. The average Bonchev–Trinajstić information content (AvgIpc) is 2.81. The number of benzene rings is 2. The first-order valence-electron chi connectivity index (χ1n) is 8.86. The summed E-state index contributed by atoms with van der Waals surface area (Å²) in [5.41, 5.74) is 9.88. The largest absolute Gasteiger partial charge is 0.496 e. The zero-order valence-electron chi connectivity index (χ0n) is 16.4. The number of carbonyl (C=O) groups excluding carboxylic acids is 1. The first-order valence-corrected chi connectivity index (χ1v) is 8.86. The number of amides is 1. The van der Waals surface area contributed by atoms with Crippen molar-refractivity contribution in [3.8, 4) is 5.75 Å². The molecule has 0 aliphatic carbocycles. The van der Waals surface area contributed by atoms with Crippen molar-refractivity contribution < 1.29 is 19.4 Å². The van der Waals surface area contributed by atoms with Gasteiger partial charge in [0.1, 0.15) is 12.1 Å². The van der Waals surface area contributed by atoms with Crippen LogP contribution in [0.2, 0.25) is 0 Å². The van der Waals surface area contributed by atoms with E-state index < -0.39 is 21.4 Å². The van der Waals surface area contributed by atoms with Crippen LogP contribution in [0.15, 0.2) is 54.9 Å². The number of nitrogens with zero attached hydrogens (tertiary/aromatic N) is 4. The Balaban J connectivity index is 1.75. The third-order valence-corrected chi connectivity index (χ3v) is 4.05. The van der Waals surface area contributed by atoms with E-state index in [2.05, 4.69) is 31.7 Å². The first-order chi connectivity index (χ1) is 15.4. The lowest BCUT2D eigenvalue weighted by molar-refractivity contribution is -0.384. The highest BCUT2D eigenvalue weighted by Gasteiger charge is 2.24. The predicted molar refractivity (Wildman–Crippen MR) is 113 cm³/mol. The summed E-state index contributed by atoms with van der Waals surface area (Å²) < 4.78 is 5.12. The van der Waals surface area contributed by atoms with Crippen LogP contribution in [0.25, 0.3) is 0 Å². The van der Waals surface area contributed by atoms with Gasteiger partial charge in [0.05, 0.1) is 28.2 Å².